The number of fused-ring (bicyclic) bond motifs is 3. The number of nitrogens with zero attached hydrogens (tertiary/aromatic N) is 1. The average Bonchev–Trinajstić information content (AvgIpc) is 2.82. The molecule has 0 saturated carbocycles. The Labute approximate surface area is 132 Å². The molecule has 1 aliphatic carbocycles. The van der Waals surface area contributed by atoms with Crippen molar-refractivity contribution in [1.82, 2.24) is 9.97 Å². The van der Waals surface area contributed by atoms with Gasteiger partial charge in [0.25, 0.3) is 5.56 Å². The fourth-order valence-corrected chi connectivity index (χ4v) is 3.12. The smallest absolute Gasteiger partial charge is 0.256 e. The Hall–Kier alpha value is -2.39. The van der Waals surface area contributed by atoms with Gasteiger partial charge in [0.05, 0.1) is 11.3 Å². The lowest BCUT2D eigenvalue weighted by atomic mass is 9.99. The summed E-state index contributed by atoms with van der Waals surface area (Å²) in [7, 11) is 0. The van der Waals surface area contributed by atoms with Gasteiger partial charge in [-0.1, -0.05) is 35.9 Å². The summed E-state index contributed by atoms with van der Waals surface area (Å²) in [6, 6.07) is 5.59. The van der Waals surface area contributed by atoms with Crippen LogP contribution in [0.4, 0.5) is 0 Å². The highest BCUT2D eigenvalue weighted by Crippen LogP contribution is 2.33. The quantitative estimate of drug-likeness (QED) is 0.723. The zero-order valence-electron chi connectivity index (χ0n) is 11.8. The van der Waals surface area contributed by atoms with Crippen molar-refractivity contribution in [3.63, 3.8) is 0 Å². The summed E-state index contributed by atoms with van der Waals surface area (Å²) in [5, 5.41) is 2.41. The Morgan fingerprint density at radius 2 is 2.09 bits per heavy atom. The van der Waals surface area contributed by atoms with Crippen LogP contribution in [-0.2, 0) is 0 Å². The molecule has 3 nitrogen and oxygen atoms in total. The van der Waals surface area contributed by atoms with Gasteiger partial charge in [0, 0.05) is 28.4 Å². The Morgan fingerprint density at radius 1 is 1.18 bits per heavy atom. The first-order chi connectivity index (χ1) is 10.7. The minimum atomic E-state index is -0.0977. The number of aromatic nitrogens is 2. The lowest BCUT2D eigenvalue weighted by Gasteiger charge is -2.07. The van der Waals surface area contributed by atoms with E-state index in [1.54, 1.807) is 12.4 Å². The maximum absolute atomic E-state index is 12.2. The molecule has 0 radical (unpaired) electrons. The highest BCUT2D eigenvalue weighted by molar-refractivity contribution is 6.31. The second kappa shape index (κ2) is 5.11. The molecule has 0 atom stereocenters. The number of halogens is 1. The van der Waals surface area contributed by atoms with E-state index in [1.807, 2.05) is 18.2 Å². The highest BCUT2D eigenvalue weighted by atomic mass is 35.5. The molecule has 1 aromatic rings. The normalized spacial score (nSPS) is 14.5. The van der Waals surface area contributed by atoms with E-state index < -0.39 is 0 Å². The van der Waals surface area contributed by atoms with Gasteiger partial charge in [-0.25, -0.2) is 0 Å². The predicted octanol–water partition coefficient (Wildman–Crippen LogP) is 4.41. The molecular weight excluding hydrogens is 296 g/mol. The Bertz CT molecular complexity index is 969. The fraction of sp³-hybridized carbons (Fsp3) is 0.111. The molecule has 4 rings (SSSR count). The molecule has 0 bridgehead atoms. The molecule has 1 N–H and O–H groups in total. The lowest BCUT2D eigenvalue weighted by Crippen LogP contribution is -1.99. The summed E-state index contributed by atoms with van der Waals surface area (Å²) in [6.07, 6.45) is 11.9. The van der Waals surface area contributed by atoms with Crippen LogP contribution in [-0.4, -0.2) is 9.97 Å². The first-order valence-electron chi connectivity index (χ1n) is 7.21. The van der Waals surface area contributed by atoms with Crippen molar-refractivity contribution in [1.29, 1.82) is 0 Å². The minimum Gasteiger partial charge on any atom is -0.328 e. The molecule has 0 spiro atoms. The zero-order chi connectivity index (χ0) is 15.1. The molecule has 4 heteroatoms. The fourth-order valence-electron chi connectivity index (χ4n) is 2.95. The summed E-state index contributed by atoms with van der Waals surface area (Å²) in [5.41, 5.74) is 3.31. The molecule has 22 heavy (non-hydrogen) atoms. The monoisotopic (exact) mass is 308 g/mol. The van der Waals surface area contributed by atoms with E-state index in [2.05, 4.69) is 28.2 Å². The number of H-pyrrole nitrogens is 1. The lowest BCUT2D eigenvalue weighted by molar-refractivity contribution is 1.04. The van der Waals surface area contributed by atoms with Crippen LogP contribution < -0.4 is 5.56 Å². The number of benzene rings is 1. The van der Waals surface area contributed by atoms with E-state index in [4.69, 9.17) is 11.6 Å². The van der Waals surface area contributed by atoms with Gasteiger partial charge in [-0.2, -0.15) is 0 Å². The van der Waals surface area contributed by atoms with E-state index in [0.29, 0.717) is 10.6 Å². The van der Waals surface area contributed by atoms with Crippen molar-refractivity contribution >= 4 is 27.9 Å². The maximum atomic E-state index is 12.2. The van der Waals surface area contributed by atoms with E-state index in [1.165, 1.54) is 0 Å². The molecule has 1 aromatic carbocycles. The molecule has 0 fully saturated rings. The molecule has 2 heterocycles. The molecule has 0 aromatic heterocycles. The van der Waals surface area contributed by atoms with E-state index >= 15 is 0 Å². The summed E-state index contributed by atoms with van der Waals surface area (Å²) in [6.45, 7) is 0. The number of nitrogens with one attached hydrogen (secondary N) is 1. The van der Waals surface area contributed by atoms with Crippen molar-refractivity contribution in [2.75, 3.05) is 0 Å². The van der Waals surface area contributed by atoms with Gasteiger partial charge in [0.15, 0.2) is 0 Å². The van der Waals surface area contributed by atoms with Gasteiger partial charge in [0.2, 0.25) is 0 Å². The van der Waals surface area contributed by atoms with Gasteiger partial charge in [-0.3, -0.25) is 9.78 Å². The first-order valence-corrected chi connectivity index (χ1v) is 7.58. The van der Waals surface area contributed by atoms with Crippen molar-refractivity contribution in [3.05, 3.63) is 69.9 Å². The van der Waals surface area contributed by atoms with Crippen LogP contribution >= 0.6 is 11.6 Å². The van der Waals surface area contributed by atoms with Gasteiger partial charge in [0.1, 0.15) is 0 Å². The third kappa shape index (κ3) is 2.06. The summed E-state index contributed by atoms with van der Waals surface area (Å²) < 4.78 is 0. The second-order valence-corrected chi connectivity index (χ2v) is 5.82. The van der Waals surface area contributed by atoms with Crippen molar-refractivity contribution in [3.8, 4) is 11.1 Å². The molecule has 0 amide bonds. The third-order valence-electron chi connectivity index (χ3n) is 3.98. The Kier molecular flexibility index (Phi) is 3.09. The van der Waals surface area contributed by atoms with Gasteiger partial charge in [-0.05, 0) is 35.9 Å². The predicted molar refractivity (Wildman–Crippen MR) is 90.3 cm³/mol. The largest absolute Gasteiger partial charge is 0.328 e. The van der Waals surface area contributed by atoms with Crippen LogP contribution in [0.15, 0.2) is 53.6 Å². The van der Waals surface area contributed by atoms with Crippen molar-refractivity contribution in [2.45, 2.75) is 12.8 Å². The minimum absolute atomic E-state index is 0.0977. The molecule has 0 unspecified atom stereocenters. The van der Waals surface area contributed by atoms with Crippen LogP contribution in [0.5, 0.6) is 0 Å². The average molecular weight is 309 g/mol. The van der Waals surface area contributed by atoms with Crippen molar-refractivity contribution < 1.29 is 0 Å². The van der Waals surface area contributed by atoms with Crippen molar-refractivity contribution in [2.24, 2.45) is 0 Å². The number of hydrogen-bond donors (Lipinski definition) is 1. The number of allylic oxidation sites excluding steroid dienone is 4. The van der Waals surface area contributed by atoms with Crippen LogP contribution in [0.2, 0.25) is 5.02 Å². The summed E-state index contributed by atoms with van der Waals surface area (Å²) in [5.74, 6) is 0. The van der Waals surface area contributed by atoms with Gasteiger partial charge < -0.3 is 4.98 Å². The van der Waals surface area contributed by atoms with E-state index in [9.17, 15) is 4.79 Å². The molecule has 3 aliphatic rings. The van der Waals surface area contributed by atoms with Gasteiger partial charge >= 0.3 is 0 Å². The molecular formula is C18H13ClN2O. The maximum Gasteiger partial charge on any atom is 0.256 e. The summed E-state index contributed by atoms with van der Waals surface area (Å²) >= 11 is 6.19. The van der Waals surface area contributed by atoms with E-state index in [0.717, 1.165) is 40.4 Å². The Balaban J connectivity index is 2.17. The zero-order valence-corrected chi connectivity index (χ0v) is 12.5. The van der Waals surface area contributed by atoms with E-state index in [-0.39, 0.29) is 5.56 Å². The SMILES string of the molecule is O=c1[nH]cc2cnc(C3=CCCC=C3)c3cc(Cl)ccc3c1-2. The molecule has 108 valence electrons. The third-order valence-corrected chi connectivity index (χ3v) is 4.22. The summed E-state index contributed by atoms with van der Waals surface area (Å²) in [4.78, 5) is 19.5. The first kappa shape index (κ1) is 13.3. The van der Waals surface area contributed by atoms with Gasteiger partial charge in [-0.15, -0.1) is 0 Å². The van der Waals surface area contributed by atoms with Crippen LogP contribution in [0.1, 0.15) is 18.5 Å². The number of rotatable bonds is 1. The van der Waals surface area contributed by atoms with Crippen LogP contribution in [0.25, 0.3) is 27.5 Å². The topological polar surface area (TPSA) is 45.8 Å². The molecule has 2 aliphatic heterocycles. The second-order valence-electron chi connectivity index (χ2n) is 5.38. The molecule has 0 saturated heterocycles. The van der Waals surface area contributed by atoms with Crippen LogP contribution in [0, 0.1) is 0 Å². The number of hydrogen-bond acceptors (Lipinski definition) is 2. The number of aromatic amines is 1. The standard InChI is InChI=1S/C18H13ClN2O/c19-13-6-7-14-15(8-13)17(11-4-2-1-3-5-11)20-9-12-10-21-18(22)16(12)14/h2,4-10H,1,3H2,(H,21,22). The Morgan fingerprint density at radius 3 is 2.91 bits per heavy atom. The highest BCUT2D eigenvalue weighted by Gasteiger charge is 2.16. The van der Waals surface area contributed by atoms with Crippen LogP contribution in [0.3, 0.4) is 0 Å².